The second-order valence-electron chi connectivity index (χ2n) is 4.69. The maximum atomic E-state index is 5.73. The number of halogens is 1. The van der Waals surface area contributed by atoms with Gasteiger partial charge in [-0.1, -0.05) is 12.1 Å². The van der Waals surface area contributed by atoms with E-state index in [1.807, 2.05) is 0 Å². The largest absolute Gasteiger partial charge is 0.378 e. The van der Waals surface area contributed by atoms with Gasteiger partial charge in [-0.05, 0) is 24.7 Å². The van der Waals surface area contributed by atoms with Crippen LogP contribution in [-0.2, 0) is 11.3 Å². The zero-order valence-corrected chi connectivity index (χ0v) is 11.7. The summed E-state index contributed by atoms with van der Waals surface area (Å²) in [7, 11) is 2.10. The number of benzene rings is 1. The Morgan fingerprint density at radius 2 is 1.89 bits per heavy atom. The Labute approximate surface area is 114 Å². The van der Waals surface area contributed by atoms with E-state index in [9.17, 15) is 0 Å². The van der Waals surface area contributed by atoms with Crippen LogP contribution in [0.15, 0.2) is 24.3 Å². The lowest BCUT2D eigenvalue weighted by molar-refractivity contribution is 0.122. The van der Waals surface area contributed by atoms with E-state index in [-0.39, 0.29) is 0 Å². The fourth-order valence-electron chi connectivity index (χ4n) is 2.17. The average Bonchev–Trinajstić information content (AvgIpc) is 2.41. The molecule has 1 aliphatic rings. The molecule has 0 aliphatic carbocycles. The van der Waals surface area contributed by atoms with Gasteiger partial charge < -0.3 is 14.5 Å². The third-order valence-electron chi connectivity index (χ3n) is 3.23. The summed E-state index contributed by atoms with van der Waals surface area (Å²) in [6.45, 7) is 5.53. The van der Waals surface area contributed by atoms with Gasteiger partial charge in [0.15, 0.2) is 0 Å². The summed E-state index contributed by atoms with van der Waals surface area (Å²) < 4.78 is 5.36. The molecule has 1 aromatic carbocycles. The van der Waals surface area contributed by atoms with E-state index in [0.717, 1.165) is 39.4 Å². The summed E-state index contributed by atoms with van der Waals surface area (Å²) in [4.78, 5) is 4.60. The molecule has 100 valence electrons. The molecule has 4 heteroatoms. The molecule has 1 aromatic rings. The van der Waals surface area contributed by atoms with Crippen molar-refractivity contribution in [2.75, 3.05) is 50.7 Å². The number of rotatable bonds is 5. The van der Waals surface area contributed by atoms with Crippen LogP contribution < -0.4 is 4.90 Å². The Morgan fingerprint density at radius 3 is 2.50 bits per heavy atom. The molecular weight excluding hydrogens is 248 g/mol. The molecule has 1 heterocycles. The zero-order chi connectivity index (χ0) is 12.8. The van der Waals surface area contributed by atoms with Crippen LogP contribution in [0, 0.1) is 0 Å². The number of hydrogen-bond acceptors (Lipinski definition) is 3. The second-order valence-corrected chi connectivity index (χ2v) is 5.07. The molecule has 0 amide bonds. The van der Waals surface area contributed by atoms with E-state index in [1.54, 1.807) is 0 Å². The van der Waals surface area contributed by atoms with Gasteiger partial charge in [0, 0.05) is 37.7 Å². The predicted octanol–water partition coefficient (Wildman–Crippen LogP) is 2.19. The van der Waals surface area contributed by atoms with Crippen LogP contribution in [-0.4, -0.2) is 50.7 Å². The summed E-state index contributed by atoms with van der Waals surface area (Å²) in [5, 5.41) is 0. The van der Waals surface area contributed by atoms with Gasteiger partial charge >= 0.3 is 0 Å². The first-order valence-electron chi connectivity index (χ1n) is 6.46. The van der Waals surface area contributed by atoms with Crippen LogP contribution in [0.2, 0.25) is 0 Å². The van der Waals surface area contributed by atoms with Gasteiger partial charge in [0.2, 0.25) is 0 Å². The number of ether oxygens (including phenoxy) is 1. The summed E-state index contributed by atoms with van der Waals surface area (Å²) in [6.07, 6.45) is 0. The maximum Gasteiger partial charge on any atom is 0.0642 e. The highest BCUT2D eigenvalue weighted by Crippen LogP contribution is 2.17. The molecule has 1 aliphatic heterocycles. The van der Waals surface area contributed by atoms with Crippen LogP contribution >= 0.6 is 11.6 Å². The summed E-state index contributed by atoms with van der Waals surface area (Å²) in [5.41, 5.74) is 2.63. The molecule has 1 fully saturated rings. The molecule has 0 radical (unpaired) electrons. The van der Waals surface area contributed by atoms with Gasteiger partial charge in [0.05, 0.1) is 13.2 Å². The quantitative estimate of drug-likeness (QED) is 0.762. The van der Waals surface area contributed by atoms with Crippen LogP contribution in [0.25, 0.3) is 0 Å². The first-order chi connectivity index (χ1) is 8.79. The topological polar surface area (TPSA) is 15.7 Å². The Morgan fingerprint density at radius 1 is 1.22 bits per heavy atom. The normalized spacial score (nSPS) is 16.3. The molecule has 0 saturated carbocycles. The van der Waals surface area contributed by atoms with Crippen molar-refractivity contribution in [3.8, 4) is 0 Å². The lowest BCUT2D eigenvalue weighted by atomic mass is 10.2. The van der Waals surface area contributed by atoms with Crippen molar-refractivity contribution < 1.29 is 4.74 Å². The molecule has 0 atom stereocenters. The van der Waals surface area contributed by atoms with Gasteiger partial charge in [-0.3, -0.25) is 0 Å². The Hall–Kier alpha value is -0.770. The third kappa shape index (κ3) is 3.87. The molecule has 2 rings (SSSR count). The number of nitrogens with zero attached hydrogens (tertiary/aromatic N) is 2. The second kappa shape index (κ2) is 6.98. The van der Waals surface area contributed by atoms with E-state index >= 15 is 0 Å². The Balaban J connectivity index is 1.92. The first-order valence-corrected chi connectivity index (χ1v) is 6.99. The number of morpholine rings is 1. The van der Waals surface area contributed by atoms with Crippen LogP contribution in [0.4, 0.5) is 5.69 Å². The molecule has 1 saturated heterocycles. The minimum absolute atomic E-state index is 0.683. The van der Waals surface area contributed by atoms with E-state index in [1.165, 1.54) is 11.3 Å². The van der Waals surface area contributed by atoms with E-state index in [2.05, 4.69) is 41.1 Å². The van der Waals surface area contributed by atoms with Gasteiger partial charge in [0.1, 0.15) is 0 Å². The fraction of sp³-hybridized carbons (Fsp3) is 0.571. The highest BCUT2D eigenvalue weighted by atomic mass is 35.5. The lowest BCUT2D eigenvalue weighted by Gasteiger charge is -2.29. The van der Waals surface area contributed by atoms with Gasteiger partial charge in [0.25, 0.3) is 0 Å². The zero-order valence-electron chi connectivity index (χ0n) is 10.9. The molecule has 0 bridgehead atoms. The standard InChI is InChI=1S/C14H21ClN2O/c1-16(7-6-15)12-13-2-4-14(5-3-13)17-8-10-18-11-9-17/h2-5H,6-12H2,1H3. The number of hydrogen-bond donors (Lipinski definition) is 0. The van der Waals surface area contributed by atoms with Crippen molar-refractivity contribution in [1.82, 2.24) is 4.90 Å². The van der Waals surface area contributed by atoms with Crippen LogP contribution in [0.1, 0.15) is 5.56 Å². The van der Waals surface area contributed by atoms with Crippen LogP contribution in [0.5, 0.6) is 0 Å². The smallest absolute Gasteiger partial charge is 0.0642 e. The molecular formula is C14H21ClN2O. The van der Waals surface area contributed by atoms with E-state index in [0.29, 0.717) is 5.88 Å². The molecule has 0 N–H and O–H groups in total. The highest BCUT2D eigenvalue weighted by molar-refractivity contribution is 6.18. The number of anilines is 1. The van der Waals surface area contributed by atoms with Gasteiger partial charge in [-0.25, -0.2) is 0 Å². The summed E-state index contributed by atoms with van der Waals surface area (Å²) in [5.74, 6) is 0.683. The molecule has 0 aromatic heterocycles. The van der Waals surface area contributed by atoms with Crippen molar-refractivity contribution in [2.45, 2.75) is 6.54 Å². The highest BCUT2D eigenvalue weighted by Gasteiger charge is 2.10. The predicted molar refractivity (Wildman–Crippen MR) is 76.5 cm³/mol. The van der Waals surface area contributed by atoms with Crippen molar-refractivity contribution in [3.63, 3.8) is 0 Å². The molecule has 18 heavy (non-hydrogen) atoms. The van der Waals surface area contributed by atoms with Crippen molar-refractivity contribution in [2.24, 2.45) is 0 Å². The van der Waals surface area contributed by atoms with Crippen LogP contribution in [0.3, 0.4) is 0 Å². The summed E-state index contributed by atoms with van der Waals surface area (Å²) in [6, 6.07) is 8.81. The average molecular weight is 269 g/mol. The minimum atomic E-state index is 0.683. The van der Waals surface area contributed by atoms with Crippen molar-refractivity contribution >= 4 is 17.3 Å². The monoisotopic (exact) mass is 268 g/mol. The first kappa shape index (κ1) is 13.7. The SMILES string of the molecule is CN(CCCl)Cc1ccc(N2CCOCC2)cc1. The van der Waals surface area contributed by atoms with Gasteiger partial charge in [-0.2, -0.15) is 0 Å². The number of alkyl halides is 1. The maximum absolute atomic E-state index is 5.73. The van der Waals surface area contributed by atoms with Gasteiger partial charge in [-0.15, -0.1) is 11.6 Å². The van der Waals surface area contributed by atoms with Crippen molar-refractivity contribution in [3.05, 3.63) is 29.8 Å². The minimum Gasteiger partial charge on any atom is -0.378 e. The summed E-state index contributed by atoms with van der Waals surface area (Å²) >= 11 is 5.73. The fourth-order valence-corrected chi connectivity index (χ4v) is 2.46. The molecule has 3 nitrogen and oxygen atoms in total. The third-order valence-corrected chi connectivity index (χ3v) is 3.40. The Bertz CT molecular complexity index is 349. The lowest BCUT2D eigenvalue weighted by Crippen LogP contribution is -2.36. The molecule has 0 spiro atoms. The molecule has 0 unspecified atom stereocenters. The van der Waals surface area contributed by atoms with E-state index in [4.69, 9.17) is 16.3 Å². The van der Waals surface area contributed by atoms with E-state index < -0.39 is 0 Å². The van der Waals surface area contributed by atoms with Crippen molar-refractivity contribution in [1.29, 1.82) is 0 Å². The Kier molecular flexibility index (Phi) is 5.29.